The number of carbonyl (C=O) groups excluding carboxylic acids is 1. The second-order valence-corrected chi connectivity index (χ2v) is 6.88. The third-order valence-electron chi connectivity index (χ3n) is 4.82. The molecule has 0 bridgehead atoms. The van der Waals surface area contributed by atoms with E-state index in [1.54, 1.807) is 0 Å². The number of hydrogen-bond donors (Lipinski definition) is 0. The number of aromatic nitrogens is 2. The van der Waals surface area contributed by atoms with E-state index in [-0.39, 0.29) is 11.9 Å². The van der Waals surface area contributed by atoms with Crippen LogP contribution in [-0.2, 0) is 4.79 Å². The molecule has 0 N–H and O–H groups in total. The van der Waals surface area contributed by atoms with Crippen molar-refractivity contribution < 1.29 is 9.32 Å². The molecule has 0 spiro atoms. The van der Waals surface area contributed by atoms with Crippen LogP contribution in [0.5, 0.6) is 0 Å². The number of likely N-dealkylation sites (tertiary alicyclic amines) is 1. The molecule has 134 valence electrons. The average Bonchev–Trinajstić information content (AvgIpc) is 3.12. The maximum absolute atomic E-state index is 12.6. The van der Waals surface area contributed by atoms with Crippen molar-refractivity contribution in [2.75, 3.05) is 6.54 Å². The monoisotopic (exact) mass is 341 g/mol. The Morgan fingerprint density at radius 1 is 1.32 bits per heavy atom. The van der Waals surface area contributed by atoms with Gasteiger partial charge in [-0.3, -0.25) is 4.79 Å². The Bertz CT molecular complexity index is 710. The van der Waals surface area contributed by atoms with Gasteiger partial charge in [0.25, 0.3) is 0 Å². The van der Waals surface area contributed by atoms with Crippen LogP contribution in [0.3, 0.4) is 0 Å². The number of unbranched alkanes of at least 4 members (excludes halogenated alkanes) is 2. The molecule has 25 heavy (non-hydrogen) atoms. The molecule has 0 aliphatic carbocycles. The van der Waals surface area contributed by atoms with Crippen LogP contribution < -0.4 is 0 Å². The van der Waals surface area contributed by atoms with E-state index in [2.05, 4.69) is 17.1 Å². The van der Waals surface area contributed by atoms with Crippen LogP contribution in [0.4, 0.5) is 0 Å². The first-order chi connectivity index (χ1) is 12.2. The minimum absolute atomic E-state index is 0.0751. The van der Waals surface area contributed by atoms with Gasteiger partial charge in [0.1, 0.15) is 6.04 Å². The summed E-state index contributed by atoms with van der Waals surface area (Å²) in [6, 6.07) is 7.99. The number of benzene rings is 1. The number of piperidine rings is 1. The van der Waals surface area contributed by atoms with E-state index in [1.165, 1.54) is 0 Å². The van der Waals surface area contributed by atoms with Gasteiger partial charge < -0.3 is 9.42 Å². The van der Waals surface area contributed by atoms with Crippen molar-refractivity contribution >= 4 is 5.91 Å². The summed E-state index contributed by atoms with van der Waals surface area (Å²) < 4.78 is 5.55. The molecule has 2 heterocycles. The molecule has 1 atom stereocenters. The third kappa shape index (κ3) is 4.27. The summed E-state index contributed by atoms with van der Waals surface area (Å²) in [4.78, 5) is 19.2. The summed E-state index contributed by atoms with van der Waals surface area (Å²) >= 11 is 0. The first-order valence-corrected chi connectivity index (χ1v) is 9.39. The highest BCUT2D eigenvalue weighted by atomic mass is 16.5. The number of carbonyl (C=O) groups is 1. The first kappa shape index (κ1) is 17.6. The molecule has 5 nitrogen and oxygen atoms in total. The van der Waals surface area contributed by atoms with Crippen LogP contribution >= 0.6 is 0 Å². The van der Waals surface area contributed by atoms with Crippen molar-refractivity contribution in [3.63, 3.8) is 0 Å². The van der Waals surface area contributed by atoms with Crippen molar-refractivity contribution in [3.05, 3.63) is 35.7 Å². The lowest BCUT2D eigenvalue weighted by Crippen LogP contribution is -2.38. The summed E-state index contributed by atoms with van der Waals surface area (Å²) in [6.45, 7) is 4.99. The van der Waals surface area contributed by atoms with Gasteiger partial charge >= 0.3 is 0 Å². The zero-order valence-corrected chi connectivity index (χ0v) is 15.2. The molecule has 1 aliphatic heterocycles. The first-order valence-electron chi connectivity index (χ1n) is 9.39. The molecule has 1 saturated heterocycles. The van der Waals surface area contributed by atoms with Crippen LogP contribution in [0, 0.1) is 6.92 Å². The standard InChI is InChI=1S/C20H27N3O2/c1-3-4-5-12-18(24)23-13-7-6-11-17(23)20-21-19(22-25-20)16-10-8-9-15(2)14-16/h8-10,14,17H,3-7,11-13H2,1-2H3/t17-/m0/s1. The Morgan fingerprint density at radius 3 is 3.00 bits per heavy atom. The van der Waals surface area contributed by atoms with Crippen molar-refractivity contribution in [2.24, 2.45) is 0 Å². The SMILES string of the molecule is CCCCCC(=O)N1CCCC[C@H]1c1nc(-c2cccc(C)c2)no1. The average molecular weight is 341 g/mol. The lowest BCUT2D eigenvalue weighted by molar-refractivity contribution is -0.135. The third-order valence-corrected chi connectivity index (χ3v) is 4.82. The molecule has 2 aromatic rings. The summed E-state index contributed by atoms with van der Waals surface area (Å²) in [7, 11) is 0. The smallest absolute Gasteiger partial charge is 0.249 e. The van der Waals surface area contributed by atoms with Crippen LogP contribution in [0.25, 0.3) is 11.4 Å². The van der Waals surface area contributed by atoms with Crippen LogP contribution in [0.15, 0.2) is 28.8 Å². The lowest BCUT2D eigenvalue weighted by Gasteiger charge is -2.33. The van der Waals surface area contributed by atoms with E-state index in [1.807, 2.05) is 36.1 Å². The Morgan fingerprint density at radius 2 is 2.20 bits per heavy atom. The minimum atomic E-state index is -0.0751. The minimum Gasteiger partial charge on any atom is -0.337 e. The molecular weight excluding hydrogens is 314 g/mol. The van der Waals surface area contributed by atoms with Gasteiger partial charge in [0.15, 0.2) is 0 Å². The molecule has 0 saturated carbocycles. The van der Waals surface area contributed by atoms with Crippen molar-refractivity contribution in [2.45, 2.75) is 64.8 Å². The second-order valence-electron chi connectivity index (χ2n) is 6.88. The van der Waals surface area contributed by atoms with Crippen LogP contribution in [0.2, 0.25) is 0 Å². The van der Waals surface area contributed by atoms with Gasteiger partial charge in [-0.15, -0.1) is 0 Å². The Hall–Kier alpha value is -2.17. The fourth-order valence-corrected chi connectivity index (χ4v) is 3.43. The quantitative estimate of drug-likeness (QED) is 0.716. The molecule has 0 unspecified atom stereocenters. The summed E-state index contributed by atoms with van der Waals surface area (Å²) in [5.74, 6) is 1.39. The maximum Gasteiger partial charge on any atom is 0.249 e. The Balaban J connectivity index is 1.75. The molecule has 1 aromatic carbocycles. The Kier molecular flexibility index (Phi) is 5.84. The predicted octanol–water partition coefficient (Wildman–Crippen LogP) is 4.68. The van der Waals surface area contributed by atoms with Gasteiger partial charge in [-0.25, -0.2) is 0 Å². The molecule has 1 fully saturated rings. The lowest BCUT2D eigenvalue weighted by atomic mass is 10.0. The molecule has 1 aliphatic rings. The second kappa shape index (κ2) is 8.28. The highest BCUT2D eigenvalue weighted by Gasteiger charge is 2.31. The Labute approximate surface area is 149 Å². The molecule has 1 amide bonds. The van der Waals surface area contributed by atoms with Gasteiger partial charge in [-0.1, -0.05) is 48.7 Å². The maximum atomic E-state index is 12.6. The van der Waals surface area contributed by atoms with Crippen molar-refractivity contribution in [3.8, 4) is 11.4 Å². The number of hydrogen-bond acceptors (Lipinski definition) is 4. The van der Waals surface area contributed by atoms with Gasteiger partial charge in [-0.05, 0) is 38.7 Å². The summed E-state index contributed by atoms with van der Waals surface area (Å²) in [5.41, 5.74) is 2.11. The number of rotatable bonds is 6. The van der Waals surface area contributed by atoms with E-state index in [9.17, 15) is 4.79 Å². The van der Waals surface area contributed by atoms with Gasteiger partial charge in [0.05, 0.1) is 0 Å². The van der Waals surface area contributed by atoms with Crippen molar-refractivity contribution in [1.29, 1.82) is 0 Å². The highest BCUT2D eigenvalue weighted by Crippen LogP contribution is 2.32. The number of nitrogens with zero attached hydrogens (tertiary/aromatic N) is 3. The van der Waals surface area contributed by atoms with E-state index in [0.717, 1.165) is 56.2 Å². The van der Waals surface area contributed by atoms with Gasteiger partial charge in [0.2, 0.25) is 17.6 Å². The van der Waals surface area contributed by atoms with E-state index < -0.39 is 0 Å². The van der Waals surface area contributed by atoms with Crippen molar-refractivity contribution in [1.82, 2.24) is 15.0 Å². The highest BCUT2D eigenvalue weighted by molar-refractivity contribution is 5.76. The summed E-state index contributed by atoms with van der Waals surface area (Å²) in [5, 5.41) is 4.15. The molecule has 5 heteroatoms. The van der Waals surface area contributed by atoms with Crippen LogP contribution in [-0.4, -0.2) is 27.5 Å². The van der Waals surface area contributed by atoms with Gasteiger partial charge in [0, 0.05) is 18.5 Å². The summed E-state index contributed by atoms with van der Waals surface area (Å²) in [6.07, 6.45) is 6.83. The predicted molar refractivity (Wildman–Crippen MR) is 96.9 cm³/mol. The fourth-order valence-electron chi connectivity index (χ4n) is 3.43. The molecule has 3 rings (SSSR count). The fraction of sp³-hybridized carbons (Fsp3) is 0.550. The largest absolute Gasteiger partial charge is 0.337 e. The molecule has 1 aromatic heterocycles. The number of aryl methyl sites for hydroxylation is 1. The molecule has 0 radical (unpaired) electrons. The number of amides is 1. The van der Waals surface area contributed by atoms with E-state index >= 15 is 0 Å². The van der Waals surface area contributed by atoms with E-state index in [4.69, 9.17) is 4.52 Å². The molecular formula is C20H27N3O2. The van der Waals surface area contributed by atoms with E-state index in [0.29, 0.717) is 18.1 Å². The normalized spacial score (nSPS) is 17.7. The zero-order chi connectivity index (χ0) is 17.6. The van der Waals surface area contributed by atoms with Crippen LogP contribution in [0.1, 0.15) is 69.4 Å². The zero-order valence-electron chi connectivity index (χ0n) is 15.2. The topological polar surface area (TPSA) is 59.2 Å². The van der Waals surface area contributed by atoms with Gasteiger partial charge in [-0.2, -0.15) is 4.98 Å².